The van der Waals surface area contributed by atoms with E-state index in [0.29, 0.717) is 17.5 Å². The number of hydrogen-bond donors (Lipinski definition) is 2. The molecule has 0 aliphatic rings. The minimum absolute atomic E-state index is 0.132. The van der Waals surface area contributed by atoms with Crippen molar-refractivity contribution in [2.45, 2.75) is 18.9 Å². The lowest BCUT2D eigenvalue weighted by atomic mass is 10.0. The van der Waals surface area contributed by atoms with E-state index in [1.807, 2.05) is 7.05 Å². The highest BCUT2D eigenvalue weighted by atomic mass is 16.5. The van der Waals surface area contributed by atoms with Gasteiger partial charge in [0, 0.05) is 26.0 Å². The topological polar surface area (TPSA) is 103 Å². The van der Waals surface area contributed by atoms with Gasteiger partial charge < -0.3 is 19.9 Å². The fourth-order valence-electron chi connectivity index (χ4n) is 1.40. The second-order valence-corrected chi connectivity index (χ2v) is 4.25. The van der Waals surface area contributed by atoms with Crippen LogP contribution in [0, 0.1) is 0 Å². The summed E-state index contributed by atoms with van der Waals surface area (Å²) in [5, 5.41) is 13.6. The first-order valence-electron chi connectivity index (χ1n) is 5.24. The Balaban J connectivity index is 2.20. The summed E-state index contributed by atoms with van der Waals surface area (Å²) in [7, 11) is 1.84. The van der Waals surface area contributed by atoms with E-state index in [1.54, 1.807) is 23.9 Å². The minimum Gasteiger partial charge on any atom is -0.388 e. The highest BCUT2D eigenvalue weighted by molar-refractivity contribution is 5.42. The van der Waals surface area contributed by atoms with Gasteiger partial charge in [-0.25, -0.2) is 4.98 Å². The summed E-state index contributed by atoms with van der Waals surface area (Å²) in [6.45, 7) is 1.75. The normalized spacial score (nSPS) is 14.8. The van der Waals surface area contributed by atoms with Gasteiger partial charge in [0.25, 0.3) is 0 Å². The zero-order valence-electron chi connectivity index (χ0n) is 9.79. The molecule has 0 spiro atoms. The largest absolute Gasteiger partial charge is 0.388 e. The molecule has 92 valence electrons. The van der Waals surface area contributed by atoms with Crippen LogP contribution >= 0.6 is 0 Å². The number of imidazole rings is 1. The van der Waals surface area contributed by atoms with Crippen LogP contribution in [0.4, 0.5) is 0 Å². The summed E-state index contributed by atoms with van der Waals surface area (Å²) < 4.78 is 6.84. The van der Waals surface area contributed by atoms with Gasteiger partial charge in [-0.3, -0.25) is 0 Å². The Bertz CT molecular complexity index is 502. The molecule has 0 amide bonds. The van der Waals surface area contributed by atoms with Gasteiger partial charge in [-0.1, -0.05) is 5.16 Å². The molecule has 0 saturated heterocycles. The van der Waals surface area contributed by atoms with Crippen molar-refractivity contribution in [2.24, 2.45) is 12.8 Å². The van der Waals surface area contributed by atoms with E-state index in [-0.39, 0.29) is 13.0 Å². The van der Waals surface area contributed by atoms with Gasteiger partial charge >= 0.3 is 0 Å². The van der Waals surface area contributed by atoms with Crippen molar-refractivity contribution >= 4 is 0 Å². The third-order valence-electron chi connectivity index (χ3n) is 2.46. The summed E-state index contributed by atoms with van der Waals surface area (Å²) in [6.07, 6.45) is 3.67. The molecule has 0 aliphatic carbocycles. The predicted molar refractivity (Wildman–Crippen MR) is 59.9 cm³/mol. The number of aliphatic hydroxyl groups is 1. The van der Waals surface area contributed by atoms with E-state index in [9.17, 15) is 5.11 Å². The third kappa shape index (κ3) is 2.51. The van der Waals surface area contributed by atoms with Crippen molar-refractivity contribution in [3.8, 4) is 11.6 Å². The van der Waals surface area contributed by atoms with Crippen LogP contribution in [0.25, 0.3) is 11.6 Å². The number of nitrogens with two attached hydrogens (primary N) is 1. The molecule has 7 nitrogen and oxygen atoms in total. The van der Waals surface area contributed by atoms with Crippen LogP contribution in [0.3, 0.4) is 0 Å². The van der Waals surface area contributed by atoms with Crippen molar-refractivity contribution in [3.63, 3.8) is 0 Å². The molecule has 2 heterocycles. The lowest BCUT2D eigenvalue weighted by molar-refractivity contribution is 0.0610. The Hall–Kier alpha value is -1.73. The molecule has 0 bridgehead atoms. The van der Waals surface area contributed by atoms with Gasteiger partial charge in [0.15, 0.2) is 5.82 Å². The maximum Gasteiger partial charge on any atom is 0.238 e. The second-order valence-electron chi connectivity index (χ2n) is 4.25. The first kappa shape index (κ1) is 11.7. The molecule has 17 heavy (non-hydrogen) atoms. The Labute approximate surface area is 98.3 Å². The molecule has 2 aromatic rings. The fraction of sp³-hybridized carbons (Fsp3) is 0.500. The van der Waals surface area contributed by atoms with Crippen molar-refractivity contribution in [1.82, 2.24) is 19.7 Å². The van der Waals surface area contributed by atoms with Gasteiger partial charge in [-0.2, -0.15) is 4.98 Å². The minimum atomic E-state index is -1.04. The quantitative estimate of drug-likeness (QED) is 0.758. The molecule has 7 heteroatoms. The Morgan fingerprint density at radius 1 is 1.59 bits per heavy atom. The summed E-state index contributed by atoms with van der Waals surface area (Å²) in [4.78, 5) is 8.28. The van der Waals surface area contributed by atoms with Crippen LogP contribution < -0.4 is 5.73 Å². The molecule has 0 aliphatic heterocycles. The smallest absolute Gasteiger partial charge is 0.238 e. The molecule has 0 fully saturated rings. The lowest BCUT2D eigenvalue weighted by Crippen LogP contribution is -2.36. The maximum absolute atomic E-state index is 9.80. The van der Waals surface area contributed by atoms with Crippen LogP contribution in [-0.4, -0.2) is 36.9 Å². The van der Waals surface area contributed by atoms with Gasteiger partial charge in [-0.05, 0) is 6.92 Å². The number of aryl methyl sites for hydroxylation is 1. The lowest BCUT2D eigenvalue weighted by Gasteiger charge is -2.17. The number of rotatable bonds is 4. The van der Waals surface area contributed by atoms with Crippen LogP contribution in [0.15, 0.2) is 16.9 Å². The molecule has 1 unspecified atom stereocenters. The van der Waals surface area contributed by atoms with Crippen molar-refractivity contribution < 1.29 is 9.63 Å². The zero-order chi connectivity index (χ0) is 12.5. The Kier molecular flexibility index (Phi) is 2.95. The molecular weight excluding hydrogens is 222 g/mol. The van der Waals surface area contributed by atoms with E-state index in [0.717, 1.165) is 0 Å². The van der Waals surface area contributed by atoms with Crippen molar-refractivity contribution in [2.75, 3.05) is 6.54 Å². The molecule has 2 aromatic heterocycles. The first-order chi connectivity index (χ1) is 8.02. The molecule has 1 atom stereocenters. The number of hydrogen-bond acceptors (Lipinski definition) is 6. The van der Waals surface area contributed by atoms with Crippen LogP contribution in [0.1, 0.15) is 12.8 Å². The average Bonchev–Trinajstić information content (AvgIpc) is 2.86. The van der Waals surface area contributed by atoms with Crippen molar-refractivity contribution in [3.05, 3.63) is 18.3 Å². The van der Waals surface area contributed by atoms with E-state index < -0.39 is 5.60 Å². The predicted octanol–water partition coefficient (Wildman–Crippen LogP) is -0.278. The summed E-state index contributed by atoms with van der Waals surface area (Å²) >= 11 is 0. The fourth-order valence-corrected chi connectivity index (χ4v) is 1.40. The SMILES string of the molecule is Cn1ccnc1-c1noc(CC(C)(O)CN)n1. The summed E-state index contributed by atoms with van der Waals surface area (Å²) in [6, 6.07) is 0. The third-order valence-corrected chi connectivity index (χ3v) is 2.46. The second kappa shape index (κ2) is 4.27. The molecular formula is C10H15N5O2. The van der Waals surface area contributed by atoms with Gasteiger partial charge in [0.05, 0.1) is 12.0 Å². The maximum atomic E-state index is 9.80. The first-order valence-corrected chi connectivity index (χ1v) is 5.24. The van der Waals surface area contributed by atoms with Crippen LogP contribution in [-0.2, 0) is 13.5 Å². The highest BCUT2D eigenvalue weighted by Gasteiger charge is 2.23. The van der Waals surface area contributed by atoms with Gasteiger partial charge in [0.2, 0.25) is 11.7 Å². The van der Waals surface area contributed by atoms with Crippen LogP contribution in [0.5, 0.6) is 0 Å². The van der Waals surface area contributed by atoms with E-state index in [1.165, 1.54) is 0 Å². The van der Waals surface area contributed by atoms with E-state index in [2.05, 4.69) is 15.1 Å². The average molecular weight is 237 g/mol. The van der Waals surface area contributed by atoms with E-state index in [4.69, 9.17) is 10.3 Å². The zero-order valence-corrected chi connectivity index (χ0v) is 9.79. The highest BCUT2D eigenvalue weighted by Crippen LogP contribution is 2.15. The Morgan fingerprint density at radius 3 is 2.94 bits per heavy atom. The number of aromatic nitrogens is 4. The van der Waals surface area contributed by atoms with Crippen molar-refractivity contribution in [1.29, 1.82) is 0 Å². The molecule has 0 radical (unpaired) electrons. The Morgan fingerprint density at radius 2 is 2.35 bits per heavy atom. The summed E-state index contributed by atoms with van der Waals surface area (Å²) in [5.41, 5.74) is 4.39. The molecule has 0 saturated carbocycles. The van der Waals surface area contributed by atoms with Crippen LogP contribution in [0.2, 0.25) is 0 Å². The number of nitrogens with zero attached hydrogens (tertiary/aromatic N) is 4. The van der Waals surface area contributed by atoms with Gasteiger partial charge in [0.1, 0.15) is 0 Å². The standard InChI is InChI=1S/C10H15N5O2/c1-10(16,6-11)5-7-13-8(14-17-7)9-12-3-4-15(9)2/h3-4,16H,5-6,11H2,1-2H3. The molecule has 0 aromatic carbocycles. The van der Waals surface area contributed by atoms with E-state index >= 15 is 0 Å². The summed E-state index contributed by atoms with van der Waals surface area (Å²) in [5.74, 6) is 1.37. The molecule has 2 rings (SSSR count). The molecule has 3 N–H and O–H groups in total. The van der Waals surface area contributed by atoms with Gasteiger partial charge in [-0.15, -0.1) is 0 Å². The monoisotopic (exact) mass is 237 g/mol.